The summed E-state index contributed by atoms with van der Waals surface area (Å²) in [5, 5.41) is 9.11. The van der Waals surface area contributed by atoms with Crippen LogP contribution in [0.1, 0.15) is 21.5 Å². The molecule has 0 unspecified atom stereocenters. The minimum atomic E-state index is -0.868. The molecule has 3 rings (SSSR count). The van der Waals surface area contributed by atoms with Crippen molar-refractivity contribution in [2.24, 2.45) is 0 Å². The quantitative estimate of drug-likeness (QED) is 0.777. The molecule has 0 atom stereocenters. The Bertz CT molecular complexity index is 727. The lowest BCUT2D eigenvalue weighted by atomic mass is 10.1. The number of aromatic carboxylic acids is 1. The zero-order valence-electron chi connectivity index (χ0n) is 16.1. The Hall–Kier alpha value is -2.21. The van der Waals surface area contributed by atoms with Gasteiger partial charge in [-0.05, 0) is 30.3 Å². The molecule has 2 aromatic rings. The van der Waals surface area contributed by atoms with Gasteiger partial charge in [0.1, 0.15) is 0 Å². The van der Waals surface area contributed by atoms with Crippen LogP contribution in [-0.2, 0) is 13.1 Å². The second-order valence-electron chi connectivity index (χ2n) is 7.35. The first-order valence-corrected chi connectivity index (χ1v) is 9.59. The normalized spacial score (nSPS) is 15.9. The molecule has 5 heteroatoms. The summed E-state index contributed by atoms with van der Waals surface area (Å²) in [4.78, 5) is 18.4. The average Bonchev–Trinajstić information content (AvgIpc) is 2.68. The van der Waals surface area contributed by atoms with E-state index < -0.39 is 5.97 Å². The molecule has 0 saturated carbocycles. The molecule has 1 heterocycles. The van der Waals surface area contributed by atoms with Crippen LogP contribution >= 0.6 is 0 Å². The molecule has 0 aliphatic carbocycles. The number of likely N-dealkylation sites (N-methyl/N-ethyl adjacent to an activating group) is 1. The van der Waals surface area contributed by atoms with Gasteiger partial charge in [-0.2, -0.15) is 0 Å². The highest BCUT2D eigenvalue weighted by molar-refractivity contribution is 5.87. The van der Waals surface area contributed by atoms with Crippen molar-refractivity contribution in [1.29, 1.82) is 0 Å². The Balaban J connectivity index is 1.38. The van der Waals surface area contributed by atoms with Crippen LogP contribution in [0, 0.1) is 0 Å². The predicted octanol–water partition coefficient (Wildman–Crippen LogP) is 2.63. The van der Waals surface area contributed by atoms with E-state index in [4.69, 9.17) is 5.11 Å². The van der Waals surface area contributed by atoms with Gasteiger partial charge in [-0.25, -0.2) is 4.79 Å². The van der Waals surface area contributed by atoms with E-state index in [2.05, 4.69) is 52.1 Å². The van der Waals surface area contributed by atoms with Crippen molar-refractivity contribution in [3.63, 3.8) is 0 Å². The van der Waals surface area contributed by atoms with E-state index in [0.717, 1.165) is 57.9 Å². The van der Waals surface area contributed by atoms with Crippen molar-refractivity contribution < 1.29 is 9.90 Å². The summed E-state index contributed by atoms with van der Waals surface area (Å²) in [6, 6.07) is 17.9. The lowest BCUT2D eigenvalue weighted by Gasteiger charge is -2.35. The fourth-order valence-corrected chi connectivity index (χ4v) is 3.52. The molecule has 27 heavy (non-hydrogen) atoms. The van der Waals surface area contributed by atoms with E-state index in [-0.39, 0.29) is 0 Å². The van der Waals surface area contributed by atoms with E-state index in [9.17, 15) is 4.79 Å². The molecule has 144 valence electrons. The molecule has 1 aliphatic heterocycles. The monoisotopic (exact) mass is 367 g/mol. The van der Waals surface area contributed by atoms with Crippen LogP contribution in [0.25, 0.3) is 0 Å². The molecule has 5 nitrogen and oxygen atoms in total. The molecule has 0 radical (unpaired) electrons. The van der Waals surface area contributed by atoms with Crippen LogP contribution in [0.4, 0.5) is 0 Å². The minimum Gasteiger partial charge on any atom is -0.478 e. The molecule has 0 amide bonds. The lowest BCUT2D eigenvalue weighted by Crippen LogP contribution is -2.47. The first-order valence-electron chi connectivity index (χ1n) is 9.59. The number of hydrogen-bond donors (Lipinski definition) is 1. The molecule has 0 bridgehead atoms. The number of hydrogen-bond acceptors (Lipinski definition) is 4. The summed E-state index contributed by atoms with van der Waals surface area (Å²) in [5.41, 5.74) is 2.79. The van der Waals surface area contributed by atoms with Crippen molar-refractivity contribution in [1.82, 2.24) is 14.7 Å². The van der Waals surface area contributed by atoms with Crippen LogP contribution in [0.3, 0.4) is 0 Å². The fraction of sp³-hybridized carbons (Fsp3) is 0.409. The van der Waals surface area contributed by atoms with E-state index in [0.29, 0.717) is 5.56 Å². The number of piperazine rings is 1. The summed E-state index contributed by atoms with van der Waals surface area (Å²) >= 11 is 0. The molecule has 2 aromatic carbocycles. The van der Waals surface area contributed by atoms with Gasteiger partial charge in [0.15, 0.2) is 0 Å². The fourth-order valence-electron chi connectivity index (χ4n) is 3.52. The van der Waals surface area contributed by atoms with Crippen molar-refractivity contribution in [2.75, 3.05) is 46.3 Å². The van der Waals surface area contributed by atoms with Gasteiger partial charge >= 0.3 is 5.97 Å². The number of carboxylic acids is 1. The SMILES string of the molecule is CN(CCN1CCN(Cc2ccccc2)CC1)Cc1cccc(C(=O)O)c1. The first kappa shape index (κ1) is 19.5. The van der Waals surface area contributed by atoms with Gasteiger partial charge < -0.3 is 10.0 Å². The maximum Gasteiger partial charge on any atom is 0.335 e. The predicted molar refractivity (Wildman–Crippen MR) is 108 cm³/mol. The summed E-state index contributed by atoms with van der Waals surface area (Å²) in [5.74, 6) is -0.868. The Morgan fingerprint density at radius 2 is 1.63 bits per heavy atom. The van der Waals surface area contributed by atoms with Crippen LogP contribution < -0.4 is 0 Å². The van der Waals surface area contributed by atoms with E-state index in [1.54, 1.807) is 12.1 Å². The summed E-state index contributed by atoms with van der Waals surface area (Å²) in [6.07, 6.45) is 0. The van der Waals surface area contributed by atoms with Gasteiger partial charge in [-0.1, -0.05) is 42.5 Å². The number of carboxylic acid groups (broad SMARTS) is 1. The Morgan fingerprint density at radius 1 is 0.963 bits per heavy atom. The average molecular weight is 367 g/mol. The van der Waals surface area contributed by atoms with Crippen molar-refractivity contribution >= 4 is 5.97 Å². The van der Waals surface area contributed by atoms with Gasteiger partial charge in [0.05, 0.1) is 5.56 Å². The maximum absolute atomic E-state index is 11.1. The second-order valence-corrected chi connectivity index (χ2v) is 7.35. The molecule has 0 aromatic heterocycles. The smallest absolute Gasteiger partial charge is 0.335 e. The Morgan fingerprint density at radius 3 is 2.33 bits per heavy atom. The van der Waals surface area contributed by atoms with Crippen LogP contribution in [0.2, 0.25) is 0 Å². The largest absolute Gasteiger partial charge is 0.478 e. The zero-order chi connectivity index (χ0) is 19.1. The summed E-state index contributed by atoms with van der Waals surface area (Å²) in [7, 11) is 2.10. The Labute approximate surface area is 161 Å². The molecule has 1 fully saturated rings. The van der Waals surface area contributed by atoms with Gasteiger partial charge in [-0.3, -0.25) is 9.80 Å². The maximum atomic E-state index is 11.1. The van der Waals surface area contributed by atoms with Crippen molar-refractivity contribution in [3.8, 4) is 0 Å². The first-order chi connectivity index (χ1) is 13.1. The van der Waals surface area contributed by atoms with Gasteiger partial charge in [0.2, 0.25) is 0 Å². The van der Waals surface area contributed by atoms with E-state index in [1.807, 2.05) is 12.1 Å². The molecule has 0 spiro atoms. The highest BCUT2D eigenvalue weighted by atomic mass is 16.4. The van der Waals surface area contributed by atoms with Crippen molar-refractivity contribution in [3.05, 3.63) is 71.3 Å². The molecule has 1 saturated heterocycles. The van der Waals surface area contributed by atoms with Crippen LogP contribution in [0.15, 0.2) is 54.6 Å². The second kappa shape index (κ2) is 9.65. The third-order valence-corrected chi connectivity index (χ3v) is 5.14. The van der Waals surface area contributed by atoms with Gasteiger partial charge in [0.25, 0.3) is 0 Å². The molecule has 1 aliphatic rings. The minimum absolute atomic E-state index is 0.357. The molecular formula is C22H29N3O2. The lowest BCUT2D eigenvalue weighted by molar-refractivity contribution is 0.0696. The number of benzene rings is 2. The summed E-state index contributed by atoms with van der Waals surface area (Å²) in [6.45, 7) is 8.27. The van der Waals surface area contributed by atoms with Crippen LogP contribution in [0.5, 0.6) is 0 Å². The third kappa shape index (κ3) is 6.17. The molecule has 1 N–H and O–H groups in total. The zero-order valence-corrected chi connectivity index (χ0v) is 16.1. The van der Waals surface area contributed by atoms with Gasteiger partial charge in [-0.15, -0.1) is 0 Å². The van der Waals surface area contributed by atoms with Crippen molar-refractivity contribution in [2.45, 2.75) is 13.1 Å². The third-order valence-electron chi connectivity index (χ3n) is 5.14. The van der Waals surface area contributed by atoms with E-state index in [1.165, 1.54) is 5.56 Å². The topological polar surface area (TPSA) is 47.0 Å². The van der Waals surface area contributed by atoms with Crippen LogP contribution in [-0.4, -0.2) is 72.1 Å². The number of carbonyl (C=O) groups is 1. The standard InChI is InChI=1S/C22H29N3O2/c1-23(17-20-8-5-9-21(16-20)22(26)27)10-11-24-12-14-25(15-13-24)18-19-6-3-2-4-7-19/h2-9,16H,10-15,17-18H2,1H3,(H,26,27). The summed E-state index contributed by atoms with van der Waals surface area (Å²) < 4.78 is 0. The van der Waals surface area contributed by atoms with Gasteiger partial charge in [0, 0.05) is 52.4 Å². The number of rotatable bonds is 8. The highest BCUT2D eigenvalue weighted by Gasteiger charge is 2.17. The number of nitrogens with zero attached hydrogens (tertiary/aromatic N) is 3. The molecular weight excluding hydrogens is 338 g/mol. The highest BCUT2D eigenvalue weighted by Crippen LogP contribution is 2.10. The Kier molecular flexibility index (Phi) is 6.98. The van der Waals surface area contributed by atoms with E-state index >= 15 is 0 Å².